The van der Waals surface area contributed by atoms with Crippen LogP contribution < -0.4 is 9.47 Å². The van der Waals surface area contributed by atoms with Crippen molar-refractivity contribution >= 4 is 29.4 Å². The van der Waals surface area contributed by atoms with E-state index in [4.69, 9.17) is 21.1 Å². The maximum atomic E-state index is 12.6. The van der Waals surface area contributed by atoms with Gasteiger partial charge >= 0.3 is 5.97 Å². The third-order valence-corrected chi connectivity index (χ3v) is 4.75. The molecule has 0 bridgehead atoms. The number of Topliss-reactive ketones (excluding diaryl/α,β-unsaturated/α-hetero) is 1. The molecule has 1 aliphatic rings. The molecule has 4 rings (SSSR count). The fourth-order valence-electron chi connectivity index (χ4n) is 2.93. The molecule has 0 saturated carbocycles. The fourth-order valence-corrected chi connectivity index (χ4v) is 3.12. The van der Waals surface area contributed by atoms with Crippen LogP contribution in [0.5, 0.6) is 11.5 Å². The minimum atomic E-state index is -0.464. The van der Waals surface area contributed by atoms with E-state index in [9.17, 15) is 9.59 Å². The van der Waals surface area contributed by atoms with Gasteiger partial charge in [0.2, 0.25) is 5.78 Å². The second-order valence-corrected chi connectivity index (χ2v) is 6.73. The van der Waals surface area contributed by atoms with Crippen molar-refractivity contribution in [3.05, 3.63) is 99.8 Å². The van der Waals surface area contributed by atoms with E-state index in [1.807, 2.05) is 31.2 Å². The SMILES string of the molecule is Cc1ccccc1C(=O)Oc1ccc2c(c1)O/C(=C\c1ccccc1Cl)C2=O. The molecule has 4 nitrogen and oxygen atoms in total. The second kappa shape index (κ2) is 7.33. The first kappa shape index (κ1) is 18.0. The summed E-state index contributed by atoms with van der Waals surface area (Å²) < 4.78 is 11.1. The van der Waals surface area contributed by atoms with E-state index in [2.05, 4.69) is 0 Å². The zero-order chi connectivity index (χ0) is 19.7. The molecule has 3 aromatic rings. The van der Waals surface area contributed by atoms with Gasteiger partial charge in [0.05, 0.1) is 11.1 Å². The molecule has 5 heteroatoms. The summed E-state index contributed by atoms with van der Waals surface area (Å²) in [7, 11) is 0. The van der Waals surface area contributed by atoms with Crippen LogP contribution in [-0.2, 0) is 0 Å². The highest BCUT2D eigenvalue weighted by molar-refractivity contribution is 6.32. The summed E-state index contributed by atoms with van der Waals surface area (Å²) in [6.07, 6.45) is 1.60. The quantitative estimate of drug-likeness (QED) is 0.337. The van der Waals surface area contributed by atoms with Crippen LogP contribution in [0, 0.1) is 6.92 Å². The minimum Gasteiger partial charge on any atom is -0.452 e. The van der Waals surface area contributed by atoms with Crippen LogP contribution in [0.1, 0.15) is 31.8 Å². The van der Waals surface area contributed by atoms with Crippen LogP contribution in [0.15, 0.2) is 72.5 Å². The molecule has 0 aliphatic carbocycles. The van der Waals surface area contributed by atoms with Gasteiger partial charge < -0.3 is 9.47 Å². The average molecular weight is 391 g/mol. The summed E-state index contributed by atoms with van der Waals surface area (Å²) in [6, 6.07) is 19.1. The normalized spacial score (nSPS) is 13.9. The molecule has 0 saturated heterocycles. The van der Waals surface area contributed by atoms with Crippen molar-refractivity contribution in [2.45, 2.75) is 6.92 Å². The topological polar surface area (TPSA) is 52.6 Å². The predicted octanol–water partition coefficient (Wildman–Crippen LogP) is 5.48. The molecule has 0 amide bonds. The average Bonchev–Trinajstić information content (AvgIpc) is 2.99. The van der Waals surface area contributed by atoms with Gasteiger partial charge in [0, 0.05) is 11.1 Å². The first-order valence-corrected chi connectivity index (χ1v) is 9.01. The van der Waals surface area contributed by atoms with Crippen molar-refractivity contribution < 1.29 is 19.1 Å². The molecular weight excluding hydrogens is 376 g/mol. The second-order valence-electron chi connectivity index (χ2n) is 6.32. The lowest BCUT2D eigenvalue weighted by Crippen LogP contribution is -2.10. The lowest BCUT2D eigenvalue weighted by molar-refractivity contribution is 0.0733. The molecule has 28 heavy (non-hydrogen) atoms. The van der Waals surface area contributed by atoms with Gasteiger partial charge in [0.15, 0.2) is 5.76 Å². The number of carbonyl (C=O) groups is 2. The number of carbonyl (C=O) groups excluding carboxylic acids is 2. The first-order valence-electron chi connectivity index (χ1n) is 8.63. The Labute approximate surface area is 167 Å². The van der Waals surface area contributed by atoms with Crippen molar-refractivity contribution in [1.82, 2.24) is 0 Å². The molecule has 0 unspecified atom stereocenters. The van der Waals surface area contributed by atoms with E-state index in [1.165, 1.54) is 6.07 Å². The monoisotopic (exact) mass is 390 g/mol. The number of hydrogen-bond acceptors (Lipinski definition) is 4. The summed E-state index contributed by atoms with van der Waals surface area (Å²) in [5.41, 5.74) is 2.41. The number of rotatable bonds is 3. The Balaban J connectivity index is 1.58. The fraction of sp³-hybridized carbons (Fsp3) is 0.0435. The van der Waals surface area contributed by atoms with Gasteiger partial charge in [-0.25, -0.2) is 4.79 Å². The zero-order valence-electron chi connectivity index (χ0n) is 14.9. The van der Waals surface area contributed by atoms with Gasteiger partial charge in [-0.1, -0.05) is 48.0 Å². The molecule has 1 heterocycles. The first-order chi connectivity index (χ1) is 13.5. The number of benzene rings is 3. The molecule has 0 spiro atoms. The Kier molecular flexibility index (Phi) is 4.72. The summed E-state index contributed by atoms with van der Waals surface area (Å²) in [4.78, 5) is 25.0. The third-order valence-electron chi connectivity index (χ3n) is 4.41. The van der Waals surface area contributed by atoms with Crippen LogP contribution in [0.25, 0.3) is 6.08 Å². The number of allylic oxidation sites excluding steroid dienone is 1. The minimum absolute atomic E-state index is 0.172. The van der Waals surface area contributed by atoms with E-state index in [-0.39, 0.29) is 11.5 Å². The van der Waals surface area contributed by atoms with E-state index in [1.54, 1.807) is 42.5 Å². The van der Waals surface area contributed by atoms with Crippen molar-refractivity contribution in [2.24, 2.45) is 0 Å². The smallest absolute Gasteiger partial charge is 0.343 e. The maximum Gasteiger partial charge on any atom is 0.343 e. The summed E-state index contributed by atoms with van der Waals surface area (Å²) in [5, 5.41) is 0.523. The number of ketones is 1. The van der Waals surface area contributed by atoms with Crippen LogP contribution >= 0.6 is 11.6 Å². The van der Waals surface area contributed by atoms with Gasteiger partial charge in [0.1, 0.15) is 11.5 Å². The van der Waals surface area contributed by atoms with Crippen molar-refractivity contribution in [1.29, 1.82) is 0 Å². The molecule has 0 N–H and O–H groups in total. The van der Waals surface area contributed by atoms with E-state index < -0.39 is 5.97 Å². The number of fused-ring (bicyclic) bond motifs is 1. The van der Waals surface area contributed by atoms with Crippen molar-refractivity contribution in [3.63, 3.8) is 0 Å². The van der Waals surface area contributed by atoms with Crippen molar-refractivity contribution in [3.8, 4) is 11.5 Å². The highest BCUT2D eigenvalue weighted by Gasteiger charge is 2.28. The number of ether oxygens (including phenoxy) is 2. The molecule has 138 valence electrons. The summed E-state index contributed by atoms with van der Waals surface area (Å²) >= 11 is 6.15. The van der Waals surface area contributed by atoms with Gasteiger partial charge in [-0.15, -0.1) is 0 Å². The Bertz CT molecular complexity index is 1130. The molecule has 0 aromatic heterocycles. The lowest BCUT2D eigenvalue weighted by atomic mass is 10.1. The van der Waals surface area contributed by atoms with Crippen LogP contribution in [0.2, 0.25) is 5.02 Å². The van der Waals surface area contributed by atoms with Crippen LogP contribution in [0.4, 0.5) is 0 Å². The molecule has 1 aliphatic heterocycles. The highest BCUT2D eigenvalue weighted by atomic mass is 35.5. The summed E-state index contributed by atoms with van der Waals surface area (Å²) in [5.74, 6) is 0.114. The zero-order valence-corrected chi connectivity index (χ0v) is 15.7. The molecular formula is C23H15ClO4. The largest absolute Gasteiger partial charge is 0.452 e. The molecule has 0 atom stereocenters. The van der Waals surface area contributed by atoms with Crippen LogP contribution in [0.3, 0.4) is 0 Å². The number of esters is 1. The van der Waals surface area contributed by atoms with Crippen LogP contribution in [-0.4, -0.2) is 11.8 Å². The highest BCUT2D eigenvalue weighted by Crippen LogP contribution is 2.35. The number of aryl methyl sites for hydroxylation is 1. The molecule has 0 fully saturated rings. The van der Waals surface area contributed by atoms with Gasteiger partial charge in [-0.05, 0) is 48.4 Å². The van der Waals surface area contributed by atoms with Crippen molar-refractivity contribution in [2.75, 3.05) is 0 Å². The summed E-state index contributed by atoms with van der Waals surface area (Å²) in [6.45, 7) is 1.84. The van der Waals surface area contributed by atoms with Gasteiger partial charge in [-0.2, -0.15) is 0 Å². The predicted molar refractivity (Wildman–Crippen MR) is 107 cm³/mol. The number of halogens is 1. The van der Waals surface area contributed by atoms with Gasteiger partial charge in [-0.3, -0.25) is 4.79 Å². The third kappa shape index (κ3) is 3.42. The molecule has 3 aromatic carbocycles. The Hall–Kier alpha value is -3.37. The Morgan fingerprint density at radius 2 is 1.79 bits per heavy atom. The van der Waals surface area contributed by atoms with E-state index in [0.29, 0.717) is 33.2 Å². The molecule has 0 radical (unpaired) electrons. The lowest BCUT2D eigenvalue weighted by Gasteiger charge is -2.07. The standard InChI is InChI=1S/C23H15ClO4/c1-14-6-2-4-8-17(14)23(26)27-16-10-11-18-20(13-16)28-21(22(18)25)12-15-7-3-5-9-19(15)24/h2-13H,1H3/b21-12-. The van der Waals surface area contributed by atoms with Gasteiger partial charge in [0.25, 0.3) is 0 Å². The Morgan fingerprint density at radius 3 is 2.57 bits per heavy atom. The Morgan fingerprint density at radius 1 is 1.04 bits per heavy atom. The maximum absolute atomic E-state index is 12.6. The van der Waals surface area contributed by atoms with E-state index >= 15 is 0 Å². The number of hydrogen-bond donors (Lipinski definition) is 0. The van der Waals surface area contributed by atoms with E-state index in [0.717, 1.165) is 5.56 Å².